The van der Waals surface area contributed by atoms with Crippen molar-refractivity contribution in [1.82, 2.24) is 10.3 Å². The average Bonchev–Trinajstić information content (AvgIpc) is 2.42. The number of nitrogens with one attached hydrogen (secondary N) is 1. The number of nitrogen functional groups attached to an aromatic ring is 1. The third-order valence-corrected chi connectivity index (χ3v) is 3.71. The van der Waals surface area contributed by atoms with Gasteiger partial charge in [-0.3, -0.25) is 9.78 Å². The summed E-state index contributed by atoms with van der Waals surface area (Å²) < 4.78 is 0. The minimum atomic E-state index is -0.427. The second-order valence-corrected chi connectivity index (χ2v) is 5.31. The van der Waals surface area contributed by atoms with Crippen LogP contribution in [0.2, 0.25) is 0 Å². The number of carbonyl (C=O) groups is 1. The molecule has 1 aliphatic rings. The van der Waals surface area contributed by atoms with Crippen LogP contribution in [-0.2, 0) is 11.2 Å². The monoisotopic (exact) mass is 263 g/mol. The fourth-order valence-electron chi connectivity index (χ4n) is 2.60. The van der Waals surface area contributed by atoms with Gasteiger partial charge in [0.15, 0.2) is 0 Å². The van der Waals surface area contributed by atoms with E-state index in [1.165, 1.54) is 6.42 Å². The van der Waals surface area contributed by atoms with Gasteiger partial charge in [-0.05, 0) is 25.0 Å². The van der Waals surface area contributed by atoms with Crippen molar-refractivity contribution in [3.8, 4) is 0 Å². The minimum absolute atomic E-state index is 0.00784. The maximum absolute atomic E-state index is 12.0. The molecular formula is C14H21N3O2. The summed E-state index contributed by atoms with van der Waals surface area (Å²) in [6, 6.07) is 3.49. The number of hydrogen-bond donors (Lipinski definition) is 3. The Bertz CT molecular complexity index is 425. The van der Waals surface area contributed by atoms with Crippen molar-refractivity contribution in [2.75, 3.05) is 12.3 Å². The number of pyridine rings is 1. The molecule has 1 amide bonds. The van der Waals surface area contributed by atoms with Gasteiger partial charge >= 0.3 is 0 Å². The molecule has 5 heteroatoms. The summed E-state index contributed by atoms with van der Waals surface area (Å²) in [4.78, 5) is 16.1. The molecule has 0 aromatic carbocycles. The van der Waals surface area contributed by atoms with Gasteiger partial charge in [0, 0.05) is 5.69 Å². The number of nitrogens with two attached hydrogens (primary N) is 1. The van der Waals surface area contributed by atoms with Gasteiger partial charge in [0.05, 0.1) is 30.5 Å². The van der Waals surface area contributed by atoms with E-state index in [4.69, 9.17) is 5.73 Å². The Balaban J connectivity index is 1.94. The number of aromatic nitrogens is 1. The fourth-order valence-corrected chi connectivity index (χ4v) is 2.60. The summed E-state index contributed by atoms with van der Waals surface area (Å²) in [5, 5.41) is 12.5. The molecule has 19 heavy (non-hydrogen) atoms. The molecule has 0 spiro atoms. The SMILES string of the molecule is Nc1ccc(CC(=O)NC2(CO)CCCCC2)nc1. The lowest BCUT2D eigenvalue weighted by atomic mass is 9.82. The zero-order chi connectivity index (χ0) is 13.7. The predicted molar refractivity (Wildman–Crippen MR) is 73.4 cm³/mol. The van der Waals surface area contributed by atoms with E-state index in [0.29, 0.717) is 11.4 Å². The van der Waals surface area contributed by atoms with Gasteiger partial charge in [-0.1, -0.05) is 19.3 Å². The molecule has 0 atom stereocenters. The molecule has 2 rings (SSSR count). The summed E-state index contributed by atoms with van der Waals surface area (Å²) in [7, 11) is 0. The molecule has 1 heterocycles. The van der Waals surface area contributed by atoms with Crippen LogP contribution in [0.25, 0.3) is 0 Å². The molecule has 104 valence electrons. The predicted octanol–water partition coefficient (Wildman–Crippen LogP) is 1.02. The molecule has 4 N–H and O–H groups in total. The Morgan fingerprint density at radius 3 is 2.68 bits per heavy atom. The van der Waals surface area contributed by atoms with Crippen molar-refractivity contribution in [2.45, 2.75) is 44.1 Å². The second kappa shape index (κ2) is 6.02. The van der Waals surface area contributed by atoms with Crippen LogP contribution in [0.15, 0.2) is 18.3 Å². The van der Waals surface area contributed by atoms with Crippen molar-refractivity contribution >= 4 is 11.6 Å². The van der Waals surface area contributed by atoms with E-state index < -0.39 is 5.54 Å². The molecule has 0 saturated heterocycles. The van der Waals surface area contributed by atoms with Crippen LogP contribution >= 0.6 is 0 Å². The number of hydrogen-bond acceptors (Lipinski definition) is 4. The Hall–Kier alpha value is -1.62. The van der Waals surface area contributed by atoms with Crippen molar-refractivity contribution in [3.63, 3.8) is 0 Å². The van der Waals surface area contributed by atoms with Gasteiger partial charge < -0.3 is 16.2 Å². The van der Waals surface area contributed by atoms with E-state index >= 15 is 0 Å². The lowest BCUT2D eigenvalue weighted by Crippen LogP contribution is -2.53. The standard InChI is InChI=1S/C14H21N3O2/c15-11-4-5-12(16-9-11)8-13(19)17-14(10-18)6-2-1-3-7-14/h4-5,9,18H,1-3,6-8,10,15H2,(H,17,19). The van der Waals surface area contributed by atoms with E-state index in [-0.39, 0.29) is 18.9 Å². The first kappa shape index (κ1) is 13.8. The Kier molecular flexibility index (Phi) is 4.37. The average molecular weight is 263 g/mol. The molecular weight excluding hydrogens is 242 g/mol. The quantitative estimate of drug-likeness (QED) is 0.756. The molecule has 0 aliphatic heterocycles. The Morgan fingerprint density at radius 2 is 2.11 bits per heavy atom. The second-order valence-electron chi connectivity index (χ2n) is 5.31. The third kappa shape index (κ3) is 3.67. The largest absolute Gasteiger partial charge is 0.397 e. The van der Waals surface area contributed by atoms with E-state index in [0.717, 1.165) is 25.7 Å². The van der Waals surface area contributed by atoms with Crippen molar-refractivity contribution in [3.05, 3.63) is 24.0 Å². The zero-order valence-electron chi connectivity index (χ0n) is 11.1. The molecule has 0 unspecified atom stereocenters. The highest BCUT2D eigenvalue weighted by Crippen LogP contribution is 2.27. The number of carbonyl (C=O) groups excluding carboxylic acids is 1. The number of amides is 1. The minimum Gasteiger partial charge on any atom is -0.397 e. The zero-order valence-corrected chi connectivity index (χ0v) is 11.1. The van der Waals surface area contributed by atoms with Gasteiger partial charge in [-0.2, -0.15) is 0 Å². The number of rotatable bonds is 4. The summed E-state index contributed by atoms with van der Waals surface area (Å²) in [5.41, 5.74) is 6.40. The third-order valence-electron chi connectivity index (χ3n) is 3.71. The van der Waals surface area contributed by atoms with Crippen molar-refractivity contribution < 1.29 is 9.90 Å². The van der Waals surface area contributed by atoms with Crippen LogP contribution in [0.4, 0.5) is 5.69 Å². The number of nitrogens with zero attached hydrogens (tertiary/aromatic N) is 1. The smallest absolute Gasteiger partial charge is 0.226 e. The highest BCUT2D eigenvalue weighted by Gasteiger charge is 2.32. The molecule has 1 aromatic rings. The van der Waals surface area contributed by atoms with E-state index in [1.54, 1.807) is 18.3 Å². The Labute approximate surface area is 113 Å². The van der Waals surface area contributed by atoms with E-state index in [2.05, 4.69) is 10.3 Å². The first-order valence-electron chi connectivity index (χ1n) is 6.76. The van der Waals surface area contributed by atoms with Crippen LogP contribution in [-0.4, -0.2) is 28.1 Å². The van der Waals surface area contributed by atoms with Gasteiger partial charge in [0.2, 0.25) is 5.91 Å². The lowest BCUT2D eigenvalue weighted by molar-refractivity contribution is -0.123. The summed E-state index contributed by atoms with van der Waals surface area (Å²) in [6.07, 6.45) is 6.76. The van der Waals surface area contributed by atoms with Crippen molar-refractivity contribution in [2.24, 2.45) is 0 Å². The summed E-state index contributed by atoms with van der Waals surface area (Å²) >= 11 is 0. The van der Waals surface area contributed by atoms with E-state index in [9.17, 15) is 9.90 Å². The number of aliphatic hydroxyl groups is 1. The highest BCUT2D eigenvalue weighted by atomic mass is 16.3. The number of anilines is 1. The van der Waals surface area contributed by atoms with Gasteiger partial charge in [0.25, 0.3) is 0 Å². The van der Waals surface area contributed by atoms with Crippen LogP contribution < -0.4 is 11.1 Å². The van der Waals surface area contributed by atoms with E-state index in [1.807, 2.05) is 0 Å². The molecule has 5 nitrogen and oxygen atoms in total. The lowest BCUT2D eigenvalue weighted by Gasteiger charge is -2.36. The molecule has 0 radical (unpaired) electrons. The van der Waals surface area contributed by atoms with Crippen LogP contribution in [0, 0.1) is 0 Å². The Morgan fingerprint density at radius 1 is 1.37 bits per heavy atom. The molecule has 1 saturated carbocycles. The van der Waals surface area contributed by atoms with Gasteiger partial charge in [0.1, 0.15) is 0 Å². The van der Waals surface area contributed by atoms with Crippen LogP contribution in [0.5, 0.6) is 0 Å². The van der Waals surface area contributed by atoms with Gasteiger partial charge in [-0.15, -0.1) is 0 Å². The first-order chi connectivity index (χ1) is 9.13. The van der Waals surface area contributed by atoms with Crippen LogP contribution in [0.1, 0.15) is 37.8 Å². The fraction of sp³-hybridized carbons (Fsp3) is 0.571. The molecule has 0 bridgehead atoms. The number of aliphatic hydroxyl groups excluding tert-OH is 1. The van der Waals surface area contributed by atoms with Gasteiger partial charge in [-0.25, -0.2) is 0 Å². The first-order valence-corrected chi connectivity index (χ1v) is 6.76. The summed E-state index contributed by atoms with van der Waals surface area (Å²) in [5.74, 6) is -0.0896. The molecule has 1 aromatic heterocycles. The highest BCUT2D eigenvalue weighted by molar-refractivity contribution is 5.79. The maximum atomic E-state index is 12.0. The summed E-state index contributed by atoms with van der Waals surface area (Å²) in [6.45, 7) is 0.00784. The maximum Gasteiger partial charge on any atom is 0.226 e. The molecule has 1 aliphatic carbocycles. The molecule has 1 fully saturated rings. The van der Waals surface area contributed by atoms with Crippen LogP contribution in [0.3, 0.4) is 0 Å². The van der Waals surface area contributed by atoms with Crippen molar-refractivity contribution in [1.29, 1.82) is 0 Å². The topological polar surface area (TPSA) is 88.2 Å². The normalized spacial score (nSPS) is 17.9.